The molecule has 0 saturated heterocycles. The molecule has 0 radical (unpaired) electrons. The van der Waals surface area contributed by atoms with Crippen molar-refractivity contribution in [2.45, 2.75) is 11.2 Å². The summed E-state index contributed by atoms with van der Waals surface area (Å²) in [6, 6.07) is 12.4. The van der Waals surface area contributed by atoms with Crippen LogP contribution in [0.2, 0.25) is 0 Å². The molecule has 106 valence electrons. The van der Waals surface area contributed by atoms with Crippen molar-refractivity contribution < 1.29 is 13.9 Å². The molecule has 2 aromatic carbocycles. The molecule has 1 atom stereocenters. The van der Waals surface area contributed by atoms with Gasteiger partial charge >= 0.3 is 0 Å². The quantitative estimate of drug-likeness (QED) is 0.746. The largest absolute Gasteiger partial charge is 0.497 e. The second kappa shape index (κ2) is 6.75. The van der Waals surface area contributed by atoms with Crippen LogP contribution in [0.1, 0.15) is 16.0 Å². The van der Waals surface area contributed by atoms with Crippen molar-refractivity contribution in [1.29, 1.82) is 0 Å². The number of halogens is 2. The minimum absolute atomic E-state index is 0.0514. The summed E-state index contributed by atoms with van der Waals surface area (Å²) in [5, 5.41) is 0. The Morgan fingerprint density at radius 1 is 1.10 bits per heavy atom. The molecule has 0 amide bonds. The van der Waals surface area contributed by atoms with Gasteiger partial charge in [-0.1, -0.05) is 34.1 Å². The van der Waals surface area contributed by atoms with Crippen molar-refractivity contribution in [1.82, 2.24) is 0 Å². The molecule has 0 spiro atoms. The molecule has 2 aromatic rings. The van der Waals surface area contributed by atoms with E-state index in [1.807, 2.05) is 24.3 Å². The Morgan fingerprint density at radius 2 is 1.85 bits per heavy atom. The molecular formula is C16H16BrFO2. The molecule has 0 aromatic heterocycles. The van der Waals surface area contributed by atoms with E-state index in [4.69, 9.17) is 9.47 Å². The zero-order valence-electron chi connectivity index (χ0n) is 11.4. The first-order chi connectivity index (χ1) is 9.65. The Morgan fingerprint density at radius 3 is 2.50 bits per heavy atom. The second-order valence-corrected chi connectivity index (χ2v) is 5.48. The summed E-state index contributed by atoms with van der Waals surface area (Å²) in [7, 11) is 3.24. The van der Waals surface area contributed by atoms with Gasteiger partial charge in [-0.2, -0.15) is 0 Å². The van der Waals surface area contributed by atoms with Crippen LogP contribution < -0.4 is 9.47 Å². The fraction of sp³-hybridized carbons (Fsp3) is 0.250. The van der Waals surface area contributed by atoms with Crippen LogP contribution >= 0.6 is 15.9 Å². The minimum Gasteiger partial charge on any atom is -0.497 e. The summed E-state index contributed by atoms with van der Waals surface area (Å²) in [6.07, 6.45) is 0.538. The molecule has 0 fully saturated rings. The zero-order chi connectivity index (χ0) is 14.5. The highest BCUT2D eigenvalue weighted by atomic mass is 79.9. The van der Waals surface area contributed by atoms with E-state index in [0.717, 1.165) is 17.1 Å². The fourth-order valence-electron chi connectivity index (χ4n) is 2.05. The molecule has 0 saturated carbocycles. The number of hydrogen-bond donors (Lipinski definition) is 0. The van der Waals surface area contributed by atoms with E-state index in [2.05, 4.69) is 15.9 Å². The molecule has 1 unspecified atom stereocenters. The summed E-state index contributed by atoms with van der Waals surface area (Å²) in [5.74, 6) is 1.31. The van der Waals surface area contributed by atoms with Crippen molar-refractivity contribution in [3.63, 3.8) is 0 Å². The first kappa shape index (κ1) is 14.9. The highest BCUT2D eigenvalue weighted by molar-refractivity contribution is 9.09. The molecule has 0 N–H and O–H groups in total. The van der Waals surface area contributed by atoms with E-state index in [1.165, 1.54) is 6.07 Å². The lowest BCUT2D eigenvalue weighted by Gasteiger charge is -2.16. The molecule has 4 heteroatoms. The van der Waals surface area contributed by atoms with Gasteiger partial charge in [0, 0.05) is 10.4 Å². The lowest BCUT2D eigenvalue weighted by Crippen LogP contribution is -2.01. The molecule has 2 rings (SSSR count). The highest BCUT2D eigenvalue weighted by Gasteiger charge is 2.16. The van der Waals surface area contributed by atoms with E-state index in [0.29, 0.717) is 12.0 Å². The number of hydrogen-bond acceptors (Lipinski definition) is 2. The van der Waals surface area contributed by atoms with E-state index < -0.39 is 0 Å². The van der Waals surface area contributed by atoms with Crippen LogP contribution in [0, 0.1) is 5.82 Å². The van der Waals surface area contributed by atoms with Gasteiger partial charge < -0.3 is 9.47 Å². The molecule has 0 aliphatic heterocycles. The molecular weight excluding hydrogens is 323 g/mol. The van der Waals surface area contributed by atoms with Gasteiger partial charge in [0.25, 0.3) is 0 Å². The fourth-order valence-corrected chi connectivity index (χ4v) is 2.76. The summed E-state index contributed by atoms with van der Waals surface area (Å²) >= 11 is 3.61. The van der Waals surface area contributed by atoms with Crippen LogP contribution in [0.4, 0.5) is 4.39 Å². The summed E-state index contributed by atoms with van der Waals surface area (Å²) in [4.78, 5) is -0.0514. The maximum Gasteiger partial charge on any atom is 0.126 e. The number of rotatable bonds is 5. The van der Waals surface area contributed by atoms with Gasteiger partial charge in [-0.3, -0.25) is 0 Å². The highest BCUT2D eigenvalue weighted by Crippen LogP contribution is 2.36. The maximum absolute atomic E-state index is 13.7. The predicted octanol–water partition coefficient (Wildman–Crippen LogP) is 4.52. The third-order valence-corrected chi connectivity index (χ3v) is 3.95. The molecule has 0 aliphatic carbocycles. The van der Waals surface area contributed by atoms with Crippen LogP contribution in [-0.2, 0) is 6.42 Å². The maximum atomic E-state index is 13.7. The van der Waals surface area contributed by atoms with Gasteiger partial charge in [0.05, 0.1) is 14.2 Å². The molecule has 0 aliphatic rings. The van der Waals surface area contributed by atoms with Gasteiger partial charge in [-0.05, 0) is 36.2 Å². The lowest BCUT2D eigenvalue weighted by atomic mass is 10.0. The van der Waals surface area contributed by atoms with Crippen LogP contribution in [0.15, 0.2) is 42.5 Å². The summed E-state index contributed by atoms with van der Waals surface area (Å²) < 4.78 is 24.3. The van der Waals surface area contributed by atoms with E-state index in [9.17, 15) is 4.39 Å². The van der Waals surface area contributed by atoms with Gasteiger partial charge in [-0.15, -0.1) is 0 Å². The number of benzene rings is 2. The van der Waals surface area contributed by atoms with Crippen LogP contribution in [0.25, 0.3) is 0 Å². The van der Waals surface area contributed by atoms with Crippen LogP contribution in [0.5, 0.6) is 11.5 Å². The predicted molar refractivity (Wildman–Crippen MR) is 81.3 cm³/mol. The van der Waals surface area contributed by atoms with Crippen LogP contribution in [-0.4, -0.2) is 14.2 Å². The van der Waals surface area contributed by atoms with Crippen LogP contribution in [0.3, 0.4) is 0 Å². The average Bonchev–Trinajstić information content (AvgIpc) is 2.48. The first-order valence-corrected chi connectivity index (χ1v) is 7.16. The van der Waals surface area contributed by atoms with E-state index in [1.54, 1.807) is 26.4 Å². The van der Waals surface area contributed by atoms with Crippen molar-refractivity contribution in [3.8, 4) is 11.5 Å². The monoisotopic (exact) mass is 338 g/mol. The summed E-state index contributed by atoms with van der Waals surface area (Å²) in [6.45, 7) is 0. The van der Waals surface area contributed by atoms with Gasteiger partial charge in [-0.25, -0.2) is 4.39 Å². The van der Waals surface area contributed by atoms with Crippen molar-refractivity contribution in [2.75, 3.05) is 14.2 Å². The lowest BCUT2D eigenvalue weighted by molar-refractivity contribution is 0.398. The van der Waals surface area contributed by atoms with Gasteiger partial charge in [0.15, 0.2) is 0 Å². The SMILES string of the molecule is COc1ccc(OC)c(C(Br)Cc2ccccc2F)c1. The van der Waals surface area contributed by atoms with Crippen molar-refractivity contribution >= 4 is 15.9 Å². The summed E-state index contributed by atoms with van der Waals surface area (Å²) in [5.41, 5.74) is 1.61. The smallest absolute Gasteiger partial charge is 0.126 e. The van der Waals surface area contributed by atoms with E-state index >= 15 is 0 Å². The third-order valence-electron chi connectivity index (χ3n) is 3.13. The Labute approximate surface area is 126 Å². The number of methoxy groups -OCH3 is 2. The number of ether oxygens (including phenoxy) is 2. The average molecular weight is 339 g/mol. The third kappa shape index (κ3) is 3.31. The topological polar surface area (TPSA) is 18.5 Å². The van der Waals surface area contributed by atoms with Crippen molar-refractivity contribution in [2.24, 2.45) is 0 Å². The molecule has 20 heavy (non-hydrogen) atoms. The first-order valence-electron chi connectivity index (χ1n) is 6.25. The van der Waals surface area contributed by atoms with Gasteiger partial charge in [0.1, 0.15) is 17.3 Å². The normalized spacial score (nSPS) is 12.0. The Bertz CT molecular complexity index is 586. The standard InChI is InChI=1S/C16H16BrFO2/c1-19-12-7-8-16(20-2)13(10-12)14(17)9-11-5-3-4-6-15(11)18/h3-8,10,14H,9H2,1-2H3. The minimum atomic E-state index is -0.196. The second-order valence-electron chi connectivity index (χ2n) is 4.37. The van der Waals surface area contributed by atoms with E-state index in [-0.39, 0.29) is 10.6 Å². The molecule has 0 bridgehead atoms. The number of alkyl halides is 1. The Balaban J connectivity index is 2.28. The molecule has 2 nitrogen and oxygen atoms in total. The van der Waals surface area contributed by atoms with Crippen molar-refractivity contribution in [3.05, 3.63) is 59.4 Å². The Hall–Kier alpha value is -1.55. The Kier molecular flexibility index (Phi) is 5.01. The zero-order valence-corrected chi connectivity index (χ0v) is 13.0. The van der Waals surface area contributed by atoms with Gasteiger partial charge in [0.2, 0.25) is 0 Å². The molecule has 0 heterocycles.